The van der Waals surface area contributed by atoms with E-state index in [1.165, 1.54) is 14.2 Å². The molecule has 1 atom stereocenters. The van der Waals surface area contributed by atoms with E-state index in [0.29, 0.717) is 6.42 Å². The Balaban J connectivity index is 4.40. The van der Waals surface area contributed by atoms with Gasteiger partial charge in [0.2, 0.25) is 0 Å². The molecule has 0 fully saturated rings. The van der Waals surface area contributed by atoms with E-state index >= 15 is 0 Å². The summed E-state index contributed by atoms with van der Waals surface area (Å²) in [6.45, 7) is 5.44. The highest BCUT2D eigenvalue weighted by molar-refractivity contribution is 7.87. The minimum absolute atomic E-state index is 0.0176. The summed E-state index contributed by atoms with van der Waals surface area (Å²) in [5, 5.41) is 10.1. The van der Waals surface area contributed by atoms with Crippen molar-refractivity contribution in [1.82, 2.24) is 9.03 Å². The number of carbonyl (C=O) groups excluding carboxylic acids is 1. The van der Waals surface area contributed by atoms with Gasteiger partial charge in [0.05, 0.1) is 19.1 Å². The number of esters is 1. The van der Waals surface area contributed by atoms with Crippen LogP contribution in [0.15, 0.2) is 0 Å². The number of carbonyl (C=O) groups is 1. The second kappa shape index (κ2) is 7.92. The first-order valence-electron chi connectivity index (χ1n) is 6.50. The second-order valence-corrected chi connectivity index (χ2v) is 7.43. The number of nitrogens with zero attached hydrogens (tertiary/aromatic N) is 1. The molecule has 20 heavy (non-hydrogen) atoms. The SMILES string of the molecule is COC(=O)CCN(C)S(=O)(=O)NCC(C)(O)CC(C)C. The summed E-state index contributed by atoms with van der Waals surface area (Å²) < 4.78 is 31.6. The van der Waals surface area contributed by atoms with E-state index in [4.69, 9.17) is 0 Å². The molecule has 0 aliphatic rings. The number of hydrogen-bond acceptors (Lipinski definition) is 5. The predicted octanol–water partition coefficient (Wildman–Crippen LogP) is 0.113. The lowest BCUT2D eigenvalue weighted by Gasteiger charge is -2.27. The van der Waals surface area contributed by atoms with E-state index < -0.39 is 21.8 Å². The maximum atomic E-state index is 11.9. The normalized spacial score (nSPS) is 15.4. The van der Waals surface area contributed by atoms with E-state index in [0.717, 1.165) is 4.31 Å². The molecule has 0 bridgehead atoms. The Morgan fingerprint density at radius 3 is 2.45 bits per heavy atom. The molecule has 0 aromatic rings. The van der Waals surface area contributed by atoms with Crippen molar-refractivity contribution in [2.45, 2.75) is 39.2 Å². The summed E-state index contributed by atoms with van der Waals surface area (Å²) in [7, 11) is -1.11. The number of methoxy groups -OCH3 is 1. The first kappa shape index (κ1) is 19.3. The van der Waals surface area contributed by atoms with E-state index in [1.54, 1.807) is 6.92 Å². The predicted molar refractivity (Wildman–Crippen MR) is 76.3 cm³/mol. The van der Waals surface area contributed by atoms with E-state index in [1.807, 2.05) is 13.8 Å². The van der Waals surface area contributed by atoms with Crippen LogP contribution in [0.5, 0.6) is 0 Å². The molecule has 0 saturated carbocycles. The molecule has 120 valence electrons. The molecule has 2 N–H and O–H groups in total. The monoisotopic (exact) mass is 310 g/mol. The molecule has 0 saturated heterocycles. The number of nitrogens with one attached hydrogen (secondary N) is 1. The van der Waals surface area contributed by atoms with Gasteiger partial charge in [0.15, 0.2) is 0 Å². The van der Waals surface area contributed by atoms with Gasteiger partial charge in [-0.25, -0.2) is 0 Å². The van der Waals surface area contributed by atoms with Crippen molar-refractivity contribution >= 4 is 16.2 Å². The van der Waals surface area contributed by atoms with Crippen molar-refractivity contribution in [3.05, 3.63) is 0 Å². The van der Waals surface area contributed by atoms with Crippen LogP contribution in [0.4, 0.5) is 0 Å². The van der Waals surface area contributed by atoms with Gasteiger partial charge in [0, 0.05) is 20.1 Å². The molecule has 0 amide bonds. The summed E-state index contributed by atoms with van der Waals surface area (Å²) >= 11 is 0. The van der Waals surface area contributed by atoms with Crippen LogP contribution < -0.4 is 4.72 Å². The van der Waals surface area contributed by atoms with Crippen molar-refractivity contribution in [1.29, 1.82) is 0 Å². The Kier molecular flexibility index (Phi) is 7.64. The van der Waals surface area contributed by atoms with Gasteiger partial charge in [-0.15, -0.1) is 0 Å². The summed E-state index contributed by atoms with van der Waals surface area (Å²) in [6.07, 6.45) is 0.470. The van der Waals surface area contributed by atoms with Crippen molar-refractivity contribution < 1.29 is 23.1 Å². The first-order valence-corrected chi connectivity index (χ1v) is 7.94. The largest absolute Gasteiger partial charge is 0.469 e. The standard InChI is InChI=1S/C12H26N2O5S/c1-10(2)8-12(3,16)9-13-20(17,18)14(4)7-6-11(15)19-5/h10,13,16H,6-9H2,1-5H3. The number of ether oxygens (including phenoxy) is 1. The Labute approximate surface area is 121 Å². The third-order valence-corrected chi connectivity index (χ3v) is 4.26. The summed E-state index contributed by atoms with van der Waals surface area (Å²) in [5.74, 6) is -0.217. The van der Waals surface area contributed by atoms with Gasteiger partial charge in [-0.1, -0.05) is 13.8 Å². The maximum Gasteiger partial charge on any atom is 0.306 e. The van der Waals surface area contributed by atoms with Crippen LogP contribution in [0.3, 0.4) is 0 Å². The van der Waals surface area contributed by atoms with Gasteiger partial charge in [-0.2, -0.15) is 17.4 Å². The zero-order valence-electron chi connectivity index (χ0n) is 12.8. The molecule has 0 aliphatic carbocycles. The van der Waals surface area contributed by atoms with E-state index in [-0.39, 0.29) is 25.4 Å². The van der Waals surface area contributed by atoms with E-state index in [2.05, 4.69) is 9.46 Å². The van der Waals surface area contributed by atoms with Crippen LogP contribution in [0.25, 0.3) is 0 Å². The Bertz CT molecular complexity index is 406. The smallest absolute Gasteiger partial charge is 0.306 e. The Hall–Kier alpha value is -0.700. The van der Waals surface area contributed by atoms with Gasteiger partial charge in [0.25, 0.3) is 10.2 Å². The molecule has 8 heteroatoms. The van der Waals surface area contributed by atoms with Crippen LogP contribution in [0.2, 0.25) is 0 Å². The quantitative estimate of drug-likeness (QED) is 0.589. The maximum absolute atomic E-state index is 11.9. The van der Waals surface area contributed by atoms with Crippen LogP contribution in [-0.2, 0) is 19.7 Å². The lowest BCUT2D eigenvalue weighted by molar-refractivity contribution is -0.140. The van der Waals surface area contributed by atoms with Crippen molar-refractivity contribution in [3.8, 4) is 0 Å². The lowest BCUT2D eigenvalue weighted by atomic mass is 9.95. The van der Waals surface area contributed by atoms with Crippen LogP contribution in [-0.4, -0.2) is 56.6 Å². The third-order valence-electron chi connectivity index (χ3n) is 2.75. The first-order chi connectivity index (χ1) is 9.00. The molecule has 0 aromatic heterocycles. The molecule has 0 rings (SSSR count). The molecule has 0 radical (unpaired) electrons. The Morgan fingerprint density at radius 1 is 1.45 bits per heavy atom. The number of rotatable bonds is 9. The molecule has 0 spiro atoms. The molecule has 1 unspecified atom stereocenters. The van der Waals surface area contributed by atoms with Crippen molar-refractivity contribution in [2.75, 3.05) is 27.2 Å². The molecule has 7 nitrogen and oxygen atoms in total. The summed E-state index contributed by atoms with van der Waals surface area (Å²) in [4.78, 5) is 11.0. The topological polar surface area (TPSA) is 95.9 Å². The molecule has 0 heterocycles. The Morgan fingerprint density at radius 2 is 2.00 bits per heavy atom. The van der Waals surface area contributed by atoms with Gasteiger partial charge in [-0.05, 0) is 19.3 Å². The van der Waals surface area contributed by atoms with Gasteiger partial charge in [-0.3, -0.25) is 4.79 Å². The average molecular weight is 310 g/mol. The minimum Gasteiger partial charge on any atom is -0.469 e. The lowest BCUT2D eigenvalue weighted by Crippen LogP contribution is -2.46. The van der Waals surface area contributed by atoms with Crippen LogP contribution in [0, 0.1) is 5.92 Å². The summed E-state index contributed by atoms with van der Waals surface area (Å²) in [6, 6.07) is 0. The highest BCUT2D eigenvalue weighted by Crippen LogP contribution is 2.15. The number of hydrogen-bond donors (Lipinski definition) is 2. The van der Waals surface area contributed by atoms with Crippen LogP contribution >= 0.6 is 0 Å². The highest BCUT2D eigenvalue weighted by atomic mass is 32.2. The van der Waals surface area contributed by atoms with E-state index in [9.17, 15) is 18.3 Å². The van der Waals surface area contributed by atoms with Gasteiger partial charge >= 0.3 is 5.97 Å². The fraction of sp³-hybridized carbons (Fsp3) is 0.917. The molecule has 0 aliphatic heterocycles. The molecular weight excluding hydrogens is 284 g/mol. The second-order valence-electron chi connectivity index (χ2n) is 5.57. The number of aliphatic hydroxyl groups is 1. The highest BCUT2D eigenvalue weighted by Gasteiger charge is 2.26. The minimum atomic E-state index is -3.72. The fourth-order valence-electron chi connectivity index (χ4n) is 1.78. The average Bonchev–Trinajstić information content (AvgIpc) is 2.31. The van der Waals surface area contributed by atoms with Gasteiger partial charge in [0.1, 0.15) is 0 Å². The molecular formula is C12H26N2O5S. The fourth-order valence-corrected chi connectivity index (χ4v) is 2.82. The van der Waals surface area contributed by atoms with Crippen molar-refractivity contribution in [3.63, 3.8) is 0 Å². The molecule has 0 aromatic carbocycles. The van der Waals surface area contributed by atoms with Gasteiger partial charge < -0.3 is 9.84 Å². The van der Waals surface area contributed by atoms with Crippen molar-refractivity contribution in [2.24, 2.45) is 5.92 Å². The zero-order chi connectivity index (χ0) is 16.0. The zero-order valence-corrected chi connectivity index (χ0v) is 13.7. The van der Waals surface area contributed by atoms with Crippen LogP contribution in [0.1, 0.15) is 33.6 Å². The summed E-state index contributed by atoms with van der Waals surface area (Å²) in [5.41, 5.74) is -1.11. The third kappa shape index (κ3) is 7.78.